The van der Waals surface area contributed by atoms with Crippen LogP contribution in [0.3, 0.4) is 0 Å². The number of amides is 2. The number of carbonyl (C=O) groups excluding carboxylic acids is 2. The highest BCUT2D eigenvalue weighted by molar-refractivity contribution is 5.95. The Balaban J connectivity index is 1.14. The number of hydrogen-bond donors (Lipinski definition) is 1. The van der Waals surface area contributed by atoms with Gasteiger partial charge in [-0.05, 0) is 79.8 Å². The van der Waals surface area contributed by atoms with Gasteiger partial charge in [0.25, 0.3) is 11.8 Å². The standard InChI is InChI=1S/C32H33F2N3O3/c1-32(2,31(39)37-19-28-29(37)17-35-28)40-25-10-4-7-21(15-25)24-9-5-13-36(18-24)30(38)23-8-3-6-20(14-23)22-11-12-26(33)27(34)16-22/h3-4,6-8,10-12,14-16,24,28-29,35H,5,9,13,17-19H2,1-2H3/t24?,28?,29-/m1/s1. The number of likely N-dealkylation sites (tertiary alicyclic amines) is 2. The van der Waals surface area contributed by atoms with Gasteiger partial charge in [-0.2, -0.15) is 0 Å². The number of carbonyl (C=O) groups is 2. The molecule has 0 aromatic heterocycles. The lowest BCUT2D eigenvalue weighted by Gasteiger charge is -2.57. The van der Waals surface area contributed by atoms with Crippen molar-refractivity contribution >= 4 is 11.8 Å². The molecule has 3 aromatic rings. The smallest absolute Gasteiger partial charge is 0.266 e. The van der Waals surface area contributed by atoms with E-state index in [1.807, 2.05) is 47.9 Å². The molecule has 8 heteroatoms. The van der Waals surface area contributed by atoms with Gasteiger partial charge < -0.3 is 19.9 Å². The third-order valence-electron chi connectivity index (χ3n) is 8.40. The van der Waals surface area contributed by atoms with Crippen LogP contribution in [-0.4, -0.2) is 65.5 Å². The van der Waals surface area contributed by atoms with Crippen molar-refractivity contribution in [3.05, 3.63) is 89.5 Å². The molecule has 0 saturated carbocycles. The van der Waals surface area contributed by atoms with Crippen LogP contribution in [0.5, 0.6) is 5.75 Å². The lowest BCUT2D eigenvalue weighted by atomic mass is 9.86. The molecule has 3 aliphatic heterocycles. The third-order valence-corrected chi connectivity index (χ3v) is 8.40. The minimum Gasteiger partial charge on any atom is -0.478 e. The number of piperazine rings is 1. The second-order valence-corrected chi connectivity index (χ2v) is 11.5. The third kappa shape index (κ3) is 4.96. The molecule has 40 heavy (non-hydrogen) atoms. The molecule has 208 valence electrons. The van der Waals surface area contributed by atoms with Gasteiger partial charge in [-0.1, -0.05) is 30.3 Å². The molecule has 6 rings (SSSR count). The van der Waals surface area contributed by atoms with E-state index < -0.39 is 17.2 Å². The number of benzene rings is 3. The van der Waals surface area contributed by atoms with Gasteiger partial charge in [0.05, 0.1) is 6.04 Å². The van der Waals surface area contributed by atoms with E-state index in [0.29, 0.717) is 41.6 Å². The van der Waals surface area contributed by atoms with Crippen LogP contribution >= 0.6 is 0 Å². The van der Waals surface area contributed by atoms with Crippen LogP contribution in [0.2, 0.25) is 0 Å². The van der Waals surface area contributed by atoms with Crippen molar-refractivity contribution in [2.75, 3.05) is 26.2 Å². The first-order chi connectivity index (χ1) is 19.2. The van der Waals surface area contributed by atoms with Gasteiger partial charge in [0.2, 0.25) is 0 Å². The van der Waals surface area contributed by atoms with Crippen LogP contribution in [0.4, 0.5) is 8.78 Å². The fraction of sp³-hybridized carbons (Fsp3) is 0.375. The zero-order chi connectivity index (χ0) is 28.0. The normalized spacial score (nSPS) is 22.1. The first kappa shape index (κ1) is 26.4. The average Bonchev–Trinajstić information content (AvgIpc) is 2.95. The van der Waals surface area contributed by atoms with Crippen molar-refractivity contribution in [1.82, 2.24) is 15.1 Å². The molecular formula is C32H33F2N3O3. The zero-order valence-electron chi connectivity index (χ0n) is 22.7. The zero-order valence-corrected chi connectivity index (χ0v) is 22.7. The molecule has 0 radical (unpaired) electrons. The Bertz CT molecular complexity index is 1460. The van der Waals surface area contributed by atoms with Gasteiger partial charge in [0.15, 0.2) is 17.2 Å². The molecule has 3 aliphatic rings. The maximum absolute atomic E-state index is 13.8. The highest BCUT2D eigenvalue weighted by atomic mass is 19.2. The van der Waals surface area contributed by atoms with Crippen molar-refractivity contribution in [2.24, 2.45) is 0 Å². The molecule has 1 N–H and O–H groups in total. The molecule has 3 atom stereocenters. The minimum absolute atomic E-state index is 0.000646. The Morgan fingerprint density at radius 1 is 0.950 bits per heavy atom. The van der Waals surface area contributed by atoms with E-state index in [1.165, 1.54) is 6.07 Å². The van der Waals surface area contributed by atoms with E-state index in [2.05, 4.69) is 5.32 Å². The van der Waals surface area contributed by atoms with Crippen LogP contribution in [0.15, 0.2) is 66.7 Å². The molecule has 0 spiro atoms. The van der Waals surface area contributed by atoms with Crippen molar-refractivity contribution in [3.63, 3.8) is 0 Å². The van der Waals surface area contributed by atoms with Gasteiger partial charge in [-0.15, -0.1) is 0 Å². The molecule has 3 aromatic carbocycles. The second kappa shape index (κ2) is 10.3. The summed E-state index contributed by atoms with van der Waals surface area (Å²) in [5, 5.41) is 3.32. The van der Waals surface area contributed by atoms with Gasteiger partial charge in [-0.25, -0.2) is 8.78 Å². The first-order valence-electron chi connectivity index (χ1n) is 13.9. The molecule has 0 bridgehead atoms. The number of nitrogens with one attached hydrogen (secondary N) is 1. The van der Waals surface area contributed by atoms with E-state index in [-0.39, 0.29) is 23.8 Å². The minimum atomic E-state index is -0.980. The summed E-state index contributed by atoms with van der Waals surface area (Å²) < 4.78 is 33.4. The van der Waals surface area contributed by atoms with Gasteiger partial charge >= 0.3 is 0 Å². The van der Waals surface area contributed by atoms with Gasteiger partial charge in [0.1, 0.15) is 5.75 Å². The Hall–Kier alpha value is -3.78. The van der Waals surface area contributed by atoms with E-state index >= 15 is 0 Å². The predicted octanol–water partition coefficient (Wildman–Crippen LogP) is 4.99. The molecule has 3 saturated heterocycles. The van der Waals surface area contributed by atoms with Crippen LogP contribution in [0.1, 0.15) is 48.5 Å². The Labute approximate surface area is 232 Å². The summed E-state index contributed by atoms with van der Waals surface area (Å²) in [4.78, 5) is 30.4. The van der Waals surface area contributed by atoms with Crippen LogP contribution in [-0.2, 0) is 4.79 Å². The second-order valence-electron chi connectivity index (χ2n) is 11.5. The molecule has 2 amide bonds. The van der Waals surface area contributed by atoms with E-state index in [9.17, 15) is 18.4 Å². The molecule has 3 fully saturated rings. The fourth-order valence-corrected chi connectivity index (χ4v) is 5.99. The molecule has 6 nitrogen and oxygen atoms in total. The van der Waals surface area contributed by atoms with Crippen LogP contribution in [0.25, 0.3) is 11.1 Å². The number of hydrogen-bond acceptors (Lipinski definition) is 4. The monoisotopic (exact) mass is 545 g/mol. The summed E-state index contributed by atoms with van der Waals surface area (Å²) in [5.74, 6) is -1.14. The lowest BCUT2D eigenvalue weighted by Crippen LogP contribution is -2.80. The first-order valence-corrected chi connectivity index (χ1v) is 13.9. The van der Waals surface area contributed by atoms with Crippen molar-refractivity contribution in [2.45, 2.75) is 50.3 Å². The van der Waals surface area contributed by atoms with Crippen LogP contribution < -0.4 is 10.1 Å². The SMILES string of the molecule is CC(C)(Oc1cccc(C2CCCN(C(=O)c3cccc(-c4ccc(F)c(F)c4)c3)C2)c1)C(=O)N1CC2NC[C@H]21. The summed E-state index contributed by atoms with van der Waals surface area (Å²) >= 11 is 0. The largest absolute Gasteiger partial charge is 0.478 e. The fourth-order valence-electron chi connectivity index (χ4n) is 5.99. The number of nitrogens with zero attached hydrogens (tertiary/aromatic N) is 2. The van der Waals surface area contributed by atoms with Crippen molar-refractivity contribution < 1.29 is 23.1 Å². The van der Waals surface area contributed by atoms with E-state index in [1.54, 1.807) is 24.3 Å². The highest BCUT2D eigenvalue weighted by Gasteiger charge is 2.51. The maximum Gasteiger partial charge on any atom is 0.266 e. The molecule has 2 unspecified atom stereocenters. The molecule has 3 heterocycles. The maximum atomic E-state index is 13.8. The number of rotatable bonds is 6. The van der Waals surface area contributed by atoms with Crippen molar-refractivity contribution in [3.8, 4) is 16.9 Å². The average molecular weight is 546 g/mol. The molecular weight excluding hydrogens is 512 g/mol. The predicted molar refractivity (Wildman–Crippen MR) is 148 cm³/mol. The number of halogens is 2. The van der Waals surface area contributed by atoms with Crippen LogP contribution in [0, 0.1) is 11.6 Å². The number of ether oxygens (including phenoxy) is 1. The van der Waals surface area contributed by atoms with E-state index in [4.69, 9.17) is 4.74 Å². The Kier molecular flexibility index (Phi) is 6.82. The number of fused-ring (bicyclic) bond motifs is 1. The highest BCUT2D eigenvalue weighted by Crippen LogP contribution is 2.33. The summed E-state index contributed by atoms with van der Waals surface area (Å²) in [6.45, 7) is 6.41. The van der Waals surface area contributed by atoms with Gasteiger partial charge in [-0.3, -0.25) is 9.59 Å². The lowest BCUT2D eigenvalue weighted by molar-refractivity contribution is -0.161. The number of piperidine rings is 1. The summed E-state index contributed by atoms with van der Waals surface area (Å²) in [7, 11) is 0. The Morgan fingerprint density at radius 3 is 2.48 bits per heavy atom. The van der Waals surface area contributed by atoms with Crippen molar-refractivity contribution in [1.29, 1.82) is 0 Å². The van der Waals surface area contributed by atoms with E-state index in [0.717, 1.165) is 43.6 Å². The summed E-state index contributed by atoms with van der Waals surface area (Å²) in [5.41, 5.74) is 1.77. The summed E-state index contributed by atoms with van der Waals surface area (Å²) in [6.07, 6.45) is 1.80. The molecule has 0 aliphatic carbocycles. The summed E-state index contributed by atoms with van der Waals surface area (Å²) in [6, 6.07) is 19.3. The topological polar surface area (TPSA) is 61.9 Å². The van der Waals surface area contributed by atoms with Gasteiger partial charge in [0, 0.05) is 43.7 Å². The quantitative estimate of drug-likeness (QED) is 0.474. The Morgan fingerprint density at radius 2 is 1.75 bits per heavy atom.